The molecule has 0 aliphatic carbocycles. The molecule has 0 aliphatic heterocycles. The zero-order valence-electron chi connectivity index (χ0n) is 4.83. The molecule has 0 radical (unpaired) electrons. The minimum atomic E-state index is -0.510. The number of carbonyl (C=O) groups is 2. The average Bonchev–Trinajstić information content (AvgIpc) is 2.30. The van der Waals surface area contributed by atoms with Crippen LogP contribution in [-0.2, 0) is 0 Å². The Labute approximate surface area is 60.3 Å². The van der Waals surface area contributed by atoms with Crippen LogP contribution in [0.1, 0.15) is 20.0 Å². The summed E-state index contributed by atoms with van der Waals surface area (Å²) in [5.74, 6) is 0. The van der Waals surface area contributed by atoms with Gasteiger partial charge in [-0.2, -0.15) is 4.39 Å². The van der Waals surface area contributed by atoms with Crippen molar-refractivity contribution in [2.24, 2.45) is 0 Å². The van der Waals surface area contributed by atoms with Crippen molar-refractivity contribution in [3.8, 4) is 0 Å². The van der Waals surface area contributed by atoms with E-state index < -0.39 is 5.13 Å². The lowest BCUT2D eigenvalue weighted by molar-refractivity contribution is 0.109. The molecule has 1 heterocycles. The number of thiophene rings is 1. The predicted octanol–water partition coefficient (Wildman–Crippen LogP) is 1.51. The Morgan fingerprint density at radius 1 is 1.40 bits per heavy atom. The van der Waals surface area contributed by atoms with Crippen LogP contribution in [-0.4, -0.2) is 12.6 Å². The first-order valence-electron chi connectivity index (χ1n) is 2.47. The van der Waals surface area contributed by atoms with Crippen molar-refractivity contribution in [1.29, 1.82) is 0 Å². The number of halogens is 1. The molecule has 10 heavy (non-hydrogen) atoms. The van der Waals surface area contributed by atoms with E-state index in [0.29, 0.717) is 23.9 Å². The average molecular weight is 158 g/mol. The van der Waals surface area contributed by atoms with E-state index in [2.05, 4.69) is 0 Å². The van der Waals surface area contributed by atoms with E-state index in [-0.39, 0.29) is 10.4 Å². The van der Waals surface area contributed by atoms with Gasteiger partial charge in [0, 0.05) is 5.56 Å². The van der Waals surface area contributed by atoms with Gasteiger partial charge in [0.05, 0.1) is 4.88 Å². The van der Waals surface area contributed by atoms with Gasteiger partial charge in [-0.25, -0.2) is 0 Å². The van der Waals surface area contributed by atoms with Gasteiger partial charge in [0.1, 0.15) is 0 Å². The van der Waals surface area contributed by atoms with Crippen LogP contribution in [0.2, 0.25) is 0 Å². The largest absolute Gasteiger partial charge is 0.298 e. The summed E-state index contributed by atoms with van der Waals surface area (Å²) in [4.78, 5) is 20.3. The zero-order chi connectivity index (χ0) is 7.56. The lowest BCUT2D eigenvalue weighted by Gasteiger charge is -1.77. The smallest absolute Gasteiger partial charge is 0.177 e. The molecule has 0 amide bonds. The highest BCUT2D eigenvalue weighted by Gasteiger charge is 2.05. The molecule has 0 bridgehead atoms. The van der Waals surface area contributed by atoms with E-state index in [4.69, 9.17) is 0 Å². The summed E-state index contributed by atoms with van der Waals surface area (Å²) >= 11 is 0.673. The quantitative estimate of drug-likeness (QED) is 0.611. The van der Waals surface area contributed by atoms with Gasteiger partial charge in [-0.3, -0.25) is 9.59 Å². The van der Waals surface area contributed by atoms with E-state index in [1.807, 2.05) is 0 Å². The maximum Gasteiger partial charge on any atom is 0.177 e. The third-order valence-corrected chi connectivity index (χ3v) is 1.86. The molecule has 0 atom stereocenters. The number of carbonyl (C=O) groups excluding carboxylic acids is 2. The van der Waals surface area contributed by atoms with E-state index >= 15 is 0 Å². The molecule has 1 aromatic rings. The van der Waals surface area contributed by atoms with Gasteiger partial charge in [-0.15, -0.1) is 11.3 Å². The van der Waals surface area contributed by atoms with Gasteiger partial charge >= 0.3 is 0 Å². The molecule has 0 saturated heterocycles. The predicted molar refractivity (Wildman–Crippen MR) is 35.1 cm³/mol. The van der Waals surface area contributed by atoms with Crippen LogP contribution in [0.4, 0.5) is 4.39 Å². The molecule has 0 unspecified atom stereocenters. The molecular weight excluding hydrogens is 155 g/mol. The first-order valence-corrected chi connectivity index (χ1v) is 3.29. The van der Waals surface area contributed by atoms with Gasteiger partial charge < -0.3 is 0 Å². The molecule has 0 fully saturated rings. The molecular formula is C6H3FO2S. The summed E-state index contributed by atoms with van der Waals surface area (Å²) in [5.41, 5.74) is 0.123. The second kappa shape index (κ2) is 2.70. The third-order valence-electron chi connectivity index (χ3n) is 0.995. The fraction of sp³-hybridized carbons (Fsp3) is 0. The lowest BCUT2D eigenvalue weighted by Crippen LogP contribution is -1.79. The van der Waals surface area contributed by atoms with Crippen molar-refractivity contribution in [3.05, 3.63) is 21.6 Å². The van der Waals surface area contributed by atoms with Crippen molar-refractivity contribution in [2.75, 3.05) is 0 Å². The second-order valence-electron chi connectivity index (χ2n) is 1.61. The van der Waals surface area contributed by atoms with E-state index in [0.717, 1.165) is 6.07 Å². The highest BCUT2D eigenvalue weighted by molar-refractivity contribution is 7.12. The van der Waals surface area contributed by atoms with E-state index in [9.17, 15) is 14.0 Å². The summed E-state index contributed by atoms with van der Waals surface area (Å²) in [6.07, 6.45) is 0.931. The molecule has 0 spiro atoms. The number of hydrogen-bond acceptors (Lipinski definition) is 3. The van der Waals surface area contributed by atoms with Crippen molar-refractivity contribution in [1.82, 2.24) is 0 Å². The van der Waals surface area contributed by atoms with Crippen LogP contribution < -0.4 is 0 Å². The SMILES string of the molecule is O=Cc1cc(F)sc1C=O. The van der Waals surface area contributed by atoms with Crippen molar-refractivity contribution in [2.45, 2.75) is 0 Å². The summed E-state index contributed by atoms with van der Waals surface area (Å²) in [5, 5.41) is -0.510. The Morgan fingerprint density at radius 3 is 2.50 bits per heavy atom. The summed E-state index contributed by atoms with van der Waals surface area (Å²) in [6.45, 7) is 0. The molecule has 4 heteroatoms. The highest BCUT2D eigenvalue weighted by Crippen LogP contribution is 2.16. The Hall–Kier alpha value is -1.03. The fourth-order valence-corrected chi connectivity index (χ4v) is 1.24. The second-order valence-corrected chi connectivity index (χ2v) is 2.64. The zero-order valence-corrected chi connectivity index (χ0v) is 5.65. The Kier molecular flexibility index (Phi) is 1.91. The van der Waals surface area contributed by atoms with Gasteiger partial charge in [0.25, 0.3) is 0 Å². The maximum absolute atomic E-state index is 12.3. The van der Waals surface area contributed by atoms with E-state index in [1.165, 1.54) is 0 Å². The van der Waals surface area contributed by atoms with Gasteiger partial charge in [-0.1, -0.05) is 0 Å². The number of aldehydes is 2. The number of hydrogen-bond donors (Lipinski definition) is 0. The first-order chi connectivity index (χ1) is 4.77. The van der Waals surface area contributed by atoms with Crippen LogP contribution >= 0.6 is 11.3 Å². The lowest BCUT2D eigenvalue weighted by atomic mass is 10.3. The van der Waals surface area contributed by atoms with Crippen molar-refractivity contribution in [3.63, 3.8) is 0 Å². The molecule has 1 aromatic heterocycles. The summed E-state index contributed by atoms with van der Waals surface area (Å²) in [6, 6.07) is 1.04. The standard InChI is InChI=1S/C6H3FO2S/c7-6-1-4(2-8)5(3-9)10-6/h1-3H. The topological polar surface area (TPSA) is 34.1 Å². The Morgan fingerprint density at radius 2 is 2.10 bits per heavy atom. The first kappa shape index (κ1) is 7.08. The third kappa shape index (κ3) is 1.11. The minimum Gasteiger partial charge on any atom is -0.298 e. The molecule has 0 aromatic carbocycles. The normalized spacial score (nSPS) is 9.30. The monoisotopic (exact) mass is 158 g/mol. The summed E-state index contributed by atoms with van der Waals surface area (Å²) in [7, 11) is 0. The molecule has 52 valence electrons. The molecule has 0 N–H and O–H groups in total. The number of rotatable bonds is 2. The van der Waals surface area contributed by atoms with E-state index in [1.54, 1.807) is 0 Å². The van der Waals surface area contributed by atoms with Crippen molar-refractivity contribution >= 4 is 23.9 Å². The molecule has 0 aliphatic rings. The minimum absolute atomic E-state index is 0.123. The summed E-state index contributed by atoms with van der Waals surface area (Å²) < 4.78 is 12.3. The Bertz CT molecular complexity index is 241. The van der Waals surface area contributed by atoms with Crippen LogP contribution in [0.15, 0.2) is 6.07 Å². The van der Waals surface area contributed by atoms with Gasteiger partial charge in [0.15, 0.2) is 17.7 Å². The molecule has 0 saturated carbocycles. The fourth-order valence-electron chi connectivity index (χ4n) is 0.571. The Balaban J connectivity index is 3.20. The van der Waals surface area contributed by atoms with Crippen LogP contribution in [0.25, 0.3) is 0 Å². The molecule has 2 nitrogen and oxygen atoms in total. The van der Waals surface area contributed by atoms with Gasteiger partial charge in [-0.05, 0) is 6.07 Å². The molecule has 1 rings (SSSR count). The highest BCUT2D eigenvalue weighted by atomic mass is 32.1. The van der Waals surface area contributed by atoms with Crippen LogP contribution in [0, 0.1) is 5.13 Å². The van der Waals surface area contributed by atoms with Crippen LogP contribution in [0.5, 0.6) is 0 Å². The van der Waals surface area contributed by atoms with Gasteiger partial charge in [0.2, 0.25) is 0 Å². The maximum atomic E-state index is 12.3. The van der Waals surface area contributed by atoms with Crippen LogP contribution in [0.3, 0.4) is 0 Å². The van der Waals surface area contributed by atoms with Crippen molar-refractivity contribution < 1.29 is 14.0 Å².